The molecule has 0 saturated heterocycles. The first-order valence-electron chi connectivity index (χ1n) is 4.63. The number of hydrogen-bond acceptors (Lipinski definition) is 3. The third-order valence-corrected chi connectivity index (χ3v) is 2.45. The third-order valence-electron chi connectivity index (χ3n) is 2.45. The molecule has 0 atom stereocenters. The maximum absolute atomic E-state index is 4.38. The summed E-state index contributed by atoms with van der Waals surface area (Å²) in [6.45, 7) is 5.24. The maximum atomic E-state index is 4.38. The molecule has 1 N–H and O–H groups in total. The zero-order valence-electron chi connectivity index (χ0n) is 8.33. The van der Waals surface area contributed by atoms with Crippen LogP contribution < -0.4 is 10.2 Å². The normalized spacial score (nSPS) is 14.6. The van der Waals surface area contributed by atoms with Crippen molar-refractivity contribution in [2.45, 2.75) is 19.8 Å². The number of aromatic nitrogens is 1. The first kappa shape index (κ1) is 8.35. The lowest BCUT2D eigenvalue weighted by Crippen LogP contribution is -2.15. The van der Waals surface area contributed by atoms with Crippen LogP contribution in [0.3, 0.4) is 0 Å². The lowest BCUT2D eigenvalue weighted by atomic mass is 10.1. The zero-order chi connectivity index (χ0) is 9.42. The molecule has 0 saturated carbocycles. The van der Waals surface area contributed by atoms with E-state index in [-0.39, 0.29) is 0 Å². The van der Waals surface area contributed by atoms with E-state index in [1.54, 1.807) is 0 Å². The average molecular weight is 177 g/mol. The van der Waals surface area contributed by atoms with Gasteiger partial charge in [-0.2, -0.15) is 0 Å². The molecule has 3 heteroatoms. The first-order valence-corrected chi connectivity index (χ1v) is 4.63. The van der Waals surface area contributed by atoms with Gasteiger partial charge in [-0.15, -0.1) is 0 Å². The summed E-state index contributed by atoms with van der Waals surface area (Å²) in [4.78, 5) is 6.55. The molecule has 0 amide bonds. The van der Waals surface area contributed by atoms with Crippen LogP contribution in [0, 0.1) is 0 Å². The lowest BCUT2D eigenvalue weighted by Gasteiger charge is -2.11. The van der Waals surface area contributed by atoms with E-state index in [0.29, 0.717) is 5.92 Å². The van der Waals surface area contributed by atoms with Gasteiger partial charge in [0.2, 0.25) is 0 Å². The molecule has 3 nitrogen and oxygen atoms in total. The molecular formula is C10H15N3. The zero-order valence-corrected chi connectivity index (χ0v) is 8.33. The fourth-order valence-corrected chi connectivity index (χ4v) is 1.49. The second-order valence-electron chi connectivity index (χ2n) is 3.82. The van der Waals surface area contributed by atoms with Crippen LogP contribution in [0.15, 0.2) is 12.3 Å². The van der Waals surface area contributed by atoms with E-state index in [0.717, 1.165) is 12.5 Å². The Kier molecular flexibility index (Phi) is 1.87. The Morgan fingerprint density at radius 1 is 1.54 bits per heavy atom. The average Bonchev–Trinajstić information content (AvgIpc) is 2.47. The van der Waals surface area contributed by atoms with Gasteiger partial charge in [-0.05, 0) is 17.5 Å². The van der Waals surface area contributed by atoms with Crippen LogP contribution >= 0.6 is 0 Å². The van der Waals surface area contributed by atoms with Crippen molar-refractivity contribution < 1.29 is 0 Å². The summed E-state index contributed by atoms with van der Waals surface area (Å²) in [6.07, 6.45) is 1.95. The summed E-state index contributed by atoms with van der Waals surface area (Å²) in [5, 5.41) is 3.23. The van der Waals surface area contributed by atoms with Crippen molar-refractivity contribution in [2.75, 3.05) is 23.9 Å². The molecule has 1 aromatic heterocycles. The molecule has 70 valence electrons. The Labute approximate surface area is 78.8 Å². The molecule has 1 aromatic rings. The molecule has 2 rings (SSSR count). The molecule has 0 aromatic carbocycles. The summed E-state index contributed by atoms with van der Waals surface area (Å²) < 4.78 is 0. The lowest BCUT2D eigenvalue weighted by molar-refractivity contribution is 0.859. The molecular weight excluding hydrogens is 162 g/mol. The largest absolute Gasteiger partial charge is 0.354 e. The number of nitrogens with zero attached hydrogens (tertiary/aromatic N) is 2. The van der Waals surface area contributed by atoms with E-state index in [2.05, 4.69) is 42.2 Å². The van der Waals surface area contributed by atoms with E-state index in [1.807, 2.05) is 6.20 Å². The van der Waals surface area contributed by atoms with Crippen molar-refractivity contribution in [1.29, 1.82) is 0 Å². The predicted octanol–water partition coefficient (Wildman–Crippen LogP) is 2.02. The van der Waals surface area contributed by atoms with Crippen molar-refractivity contribution in [3.8, 4) is 0 Å². The highest BCUT2D eigenvalue weighted by Gasteiger charge is 2.16. The molecule has 0 radical (unpaired) electrons. The highest BCUT2D eigenvalue weighted by atomic mass is 15.3. The summed E-state index contributed by atoms with van der Waals surface area (Å²) in [5.41, 5.74) is 2.51. The van der Waals surface area contributed by atoms with E-state index in [9.17, 15) is 0 Å². The summed E-state index contributed by atoms with van der Waals surface area (Å²) in [6, 6.07) is 2.22. The predicted molar refractivity (Wildman–Crippen MR) is 55.2 cm³/mol. The quantitative estimate of drug-likeness (QED) is 0.711. The smallest absolute Gasteiger partial charge is 0.151 e. The molecule has 0 bridgehead atoms. The molecule has 0 fully saturated rings. The van der Waals surface area contributed by atoms with Crippen LogP contribution in [-0.2, 0) is 0 Å². The van der Waals surface area contributed by atoms with Crippen LogP contribution in [0.5, 0.6) is 0 Å². The molecule has 1 aliphatic rings. The van der Waals surface area contributed by atoms with Crippen LogP contribution in [0.1, 0.15) is 25.3 Å². The highest BCUT2D eigenvalue weighted by Crippen LogP contribution is 2.30. The van der Waals surface area contributed by atoms with Crippen LogP contribution in [0.25, 0.3) is 0 Å². The standard InChI is InChI=1S/C10H15N3/c1-7(2)8-4-9-10(11-5-8)12-6-13(9)3/h4-5,7H,6H2,1-3H3,(H,11,12). The van der Waals surface area contributed by atoms with Crippen molar-refractivity contribution in [1.82, 2.24) is 4.98 Å². The van der Waals surface area contributed by atoms with Gasteiger partial charge in [0, 0.05) is 13.2 Å². The topological polar surface area (TPSA) is 28.2 Å². The van der Waals surface area contributed by atoms with Gasteiger partial charge in [-0.25, -0.2) is 4.98 Å². The number of hydrogen-bond donors (Lipinski definition) is 1. The number of pyridine rings is 1. The Bertz CT molecular complexity index is 320. The second-order valence-corrected chi connectivity index (χ2v) is 3.82. The van der Waals surface area contributed by atoms with Gasteiger partial charge in [0.1, 0.15) is 0 Å². The van der Waals surface area contributed by atoms with E-state index in [1.165, 1.54) is 11.3 Å². The SMILES string of the molecule is CC(C)c1cnc2c(c1)N(C)CN2. The minimum absolute atomic E-state index is 0.548. The minimum Gasteiger partial charge on any atom is -0.354 e. The Morgan fingerprint density at radius 3 is 3.00 bits per heavy atom. The van der Waals surface area contributed by atoms with Crippen LogP contribution in [0.2, 0.25) is 0 Å². The third kappa shape index (κ3) is 1.34. The minimum atomic E-state index is 0.548. The first-order chi connectivity index (χ1) is 6.18. The monoisotopic (exact) mass is 177 g/mol. The molecule has 0 spiro atoms. The van der Waals surface area contributed by atoms with Gasteiger partial charge in [-0.3, -0.25) is 0 Å². The summed E-state index contributed by atoms with van der Waals surface area (Å²) in [5.74, 6) is 1.55. The van der Waals surface area contributed by atoms with Gasteiger partial charge in [0.25, 0.3) is 0 Å². The Balaban J connectivity index is 2.42. The van der Waals surface area contributed by atoms with E-state index in [4.69, 9.17) is 0 Å². The Morgan fingerprint density at radius 2 is 2.31 bits per heavy atom. The van der Waals surface area contributed by atoms with Gasteiger partial charge >= 0.3 is 0 Å². The summed E-state index contributed by atoms with van der Waals surface area (Å²) >= 11 is 0. The van der Waals surface area contributed by atoms with Gasteiger partial charge in [0.05, 0.1) is 12.4 Å². The van der Waals surface area contributed by atoms with E-state index < -0.39 is 0 Å². The van der Waals surface area contributed by atoms with Gasteiger partial charge < -0.3 is 10.2 Å². The molecule has 0 unspecified atom stereocenters. The van der Waals surface area contributed by atoms with E-state index >= 15 is 0 Å². The van der Waals surface area contributed by atoms with Gasteiger partial charge in [-0.1, -0.05) is 13.8 Å². The molecule has 1 aliphatic heterocycles. The van der Waals surface area contributed by atoms with Gasteiger partial charge in [0.15, 0.2) is 5.82 Å². The molecule has 13 heavy (non-hydrogen) atoms. The van der Waals surface area contributed by atoms with Crippen LogP contribution in [0.4, 0.5) is 11.5 Å². The van der Waals surface area contributed by atoms with Crippen molar-refractivity contribution in [3.05, 3.63) is 17.8 Å². The Hall–Kier alpha value is -1.25. The number of nitrogens with one attached hydrogen (secondary N) is 1. The van der Waals surface area contributed by atoms with Crippen LogP contribution in [-0.4, -0.2) is 18.7 Å². The number of anilines is 2. The van der Waals surface area contributed by atoms with Crippen molar-refractivity contribution in [2.24, 2.45) is 0 Å². The van der Waals surface area contributed by atoms with Crippen molar-refractivity contribution in [3.63, 3.8) is 0 Å². The second kappa shape index (κ2) is 2.91. The summed E-state index contributed by atoms with van der Waals surface area (Å²) in [7, 11) is 2.07. The molecule has 0 aliphatic carbocycles. The fraction of sp³-hybridized carbons (Fsp3) is 0.500. The van der Waals surface area contributed by atoms with Crippen molar-refractivity contribution >= 4 is 11.5 Å². The highest BCUT2D eigenvalue weighted by molar-refractivity contribution is 5.71. The molecule has 2 heterocycles. The number of fused-ring (bicyclic) bond motifs is 1. The maximum Gasteiger partial charge on any atom is 0.151 e. The fourth-order valence-electron chi connectivity index (χ4n) is 1.49. The number of rotatable bonds is 1.